The van der Waals surface area contributed by atoms with E-state index in [0.29, 0.717) is 35.2 Å². The maximum Gasteiger partial charge on any atom is 0.291 e. The average molecular weight is 460 g/mol. The molecule has 1 amide bonds. The van der Waals surface area contributed by atoms with Crippen LogP contribution in [0.15, 0.2) is 59.0 Å². The zero-order chi connectivity index (χ0) is 23.7. The normalized spacial score (nSPS) is 12.1. The molecule has 1 N–H and O–H groups in total. The van der Waals surface area contributed by atoms with Crippen LogP contribution < -0.4 is 19.5 Å². The smallest absolute Gasteiger partial charge is 0.291 e. The van der Waals surface area contributed by atoms with Gasteiger partial charge in [-0.1, -0.05) is 24.3 Å². The summed E-state index contributed by atoms with van der Waals surface area (Å²) in [7, 11) is 0. The van der Waals surface area contributed by atoms with Gasteiger partial charge in [0.1, 0.15) is 18.1 Å². The fraction of sp³-hybridized carbons (Fsp3) is 0.231. The Morgan fingerprint density at radius 3 is 2.74 bits per heavy atom. The lowest BCUT2D eigenvalue weighted by molar-refractivity contribution is 0.0992. The molecular formula is C26H25N3O5. The molecule has 2 aromatic heterocycles. The number of anilines is 1. The molecule has 0 spiro atoms. The molecule has 0 radical (unpaired) electrons. The first-order valence-electron chi connectivity index (χ1n) is 11.0. The lowest BCUT2D eigenvalue weighted by Crippen LogP contribution is -2.12. The summed E-state index contributed by atoms with van der Waals surface area (Å²) >= 11 is 0. The van der Waals surface area contributed by atoms with Crippen LogP contribution in [0.3, 0.4) is 0 Å². The molecule has 5 rings (SSSR count). The number of fused-ring (bicyclic) bond motifs is 1. The quantitative estimate of drug-likeness (QED) is 0.418. The number of rotatable bonds is 7. The average Bonchev–Trinajstić information content (AvgIpc) is 3.55. The van der Waals surface area contributed by atoms with Crippen molar-refractivity contribution in [2.24, 2.45) is 0 Å². The van der Waals surface area contributed by atoms with Crippen molar-refractivity contribution in [2.45, 2.75) is 33.9 Å². The van der Waals surface area contributed by atoms with E-state index in [9.17, 15) is 4.79 Å². The number of nitrogens with one attached hydrogen (secondary N) is 1. The van der Waals surface area contributed by atoms with Crippen molar-refractivity contribution in [2.75, 3.05) is 12.1 Å². The van der Waals surface area contributed by atoms with Gasteiger partial charge in [0, 0.05) is 6.07 Å². The number of aromatic nitrogens is 2. The highest BCUT2D eigenvalue weighted by Crippen LogP contribution is 2.35. The number of carbonyl (C=O) groups is 1. The van der Waals surface area contributed by atoms with Crippen molar-refractivity contribution >= 4 is 11.6 Å². The van der Waals surface area contributed by atoms with Gasteiger partial charge in [-0.2, -0.15) is 5.10 Å². The second-order valence-corrected chi connectivity index (χ2v) is 8.15. The van der Waals surface area contributed by atoms with Crippen LogP contribution in [0.4, 0.5) is 5.69 Å². The van der Waals surface area contributed by atoms with Crippen molar-refractivity contribution in [3.05, 3.63) is 88.6 Å². The molecule has 0 saturated carbocycles. The van der Waals surface area contributed by atoms with Gasteiger partial charge < -0.3 is 23.9 Å². The minimum atomic E-state index is -0.337. The second-order valence-electron chi connectivity index (χ2n) is 8.15. The predicted octanol–water partition coefficient (Wildman–Crippen LogP) is 5.01. The summed E-state index contributed by atoms with van der Waals surface area (Å²) in [6.07, 6.45) is 0. The fourth-order valence-electron chi connectivity index (χ4n) is 3.85. The Bertz CT molecular complexity index is 1350. The Balaban J connectivity index is 1.24. The Labute approximate surface area is 197 Å². The Hall–Kier alpha value is -4.20. The van der Waals surface area contributed by atoms with E-state index < -0.39 is 0 Å². The molecule has 34 heavy (non-hydrogen) atoms. The summed E-state index contributed by atoms with van der Waals surface area (Å²) in [5, 5.41) is 7.56. The van der Waals surface area contributed by atoms with Gasteiger partial charge in [0.25, 0.3) is 5.91 Å². The SMILES string of the molecule is Cc1ccccc1Cn1nc(C)c(NC(=O)c2ccc(COc3ccc4c(c3)OCO4)o2)c1C. The minimum absolute atomic E-state index is 0.180. The summed E-state index contributed by atoms with van der Waals surface area (Å²) in [6.45, 7) is 6.93. The summed E-state index contributed by atoms with van der Waals surface area (Å²) in [6, 6.07) is 16.9. The van der Waals surface area contributed by atoms with E-state index in [1.807, 2.05) is 30.7 Å². The molecule has 174 valence electrons. The topological polar surface area (TPSA) is 87.8 Å². The van der Waals surface area contributed by atoms with E-state index >= 15 is 0 Å². The van der Waals surface area contributed by atoms with E-state index in [2.05, 4.69) is 29.5 Å². The first-order chi connectivity index (χ1) is 16.5. The van der Waals surface area contributed by atoms with Crippen LogP contribution in [0.25, 0.3) is 0 Å². The zero-order valence-electron chi connectivity index (χ0n) is 19.3. The van der Waals surface area contributed by atoms with E-state index in [4.69, 9.17) is 18.6 Å². The number of ether oxygens (including phenoxy) is 3. The van der Waals surface area contributed by atoms with Crippen LogP contribution in [0.1, 0.15) is 38.8 Å². The van der Waals surface area contributed by atoms with Crippen molar-refractivity contribution < 1.29 is 23.4 Å². The Morgan fingerprint density at radius 1 is 1.06 bits per heavy atom. The van der Waals surface area contributed by atoms with Crippen molar-refractivity contribution in [3.8, 4) is 17.2 Å². The summed E-state index contributed by atoms with van der Waals surface area (Å²) < 4.78 is 24.0. The van der Waals surface area contributed by atoms with Gasteiger partial charge in [0.15, 0.2) is 17.3 Å². The summed E-state index contributed by atoms with van der Waals surface area (Å²) in [4.78, 5) is 12.8. The van der Waals surface area contributed by atoms with Gasteiger partial charge in [-0.3, -0.25) is 9.48 Å². The maximum atomic E-state index is 12.8. The van der Waals surface area contributed by atoms with Crippen LogP contribution in [0.2, 0.25) is 0 Å². The molecule has 8 heteroatoms. The molecular weight excluding hydrogens is 434 g/mol. The minimum Gasteiger partial charge on any atom is -0.486 e. The second kappa shape index (κ2) is 8.97. The zero-order valence-corrected chi connectivity index (χ0v) is 19.3. The van der Waals surface area contributed by atoms with E-state index in [-0.39, 0.29) is 25.1 Å². The van der Waals surface area contributed by atoms with Crippen molar-refractivity contribution in [1.29, 1.82) is 0 Å². The lowest BCUT2D eigenvalue weighted by atomic mass is 10.1. The fourth-order valence-corrected chi connectivity index (χ4v) is 3.85. The molecule has 0 fully saturated rings. The predicted molar refractivity (Wildman–Crippen MR) is 126 cm³/mol. The van der Waals surface area contributed by atoms with Crippen LogP contribution in [-0.4, -0.2) is 22.5 Å². The van der Waals surface area contributed by atoms with E-state index in [0.717, 1.165) is 11.4 Å². The largest absolute Gasteiger partial charge is 0.486 e. The molecule has 3 heterocycles. The van der Waals surface area contributed by atoms with E-state index in [1.165, 1.54) is 11.1 Å². The van der Waals surface area contributed by atoms with Gasteiger partial charge in [0.05, 0.1) is 23.6 Å². The Kier molecular flexibility index (Phi) is 5.71. The molecule has 0 unspecified atom stereocenters. The third-order valence-corrected chi connectivity index (χ3v) is 5.81. The summed E-state index contributed by atoms with van der Waals surface area (Å²) in [5.41, 5.74) is 4.70. The van der Waals surface area contributed by atoms with Crippen LogP contribution in [0.5, 0.6) is 17.2 Å². The van der Waals surface area contributed by atoms with Crippen LogP contribution in [-0.2, 0) is 13.2 Å². The van der Waals surface area contributed by atoms with Crippen molar-refractivity contribution in [3.63, 3.8) is 0 Å². The molecule has 0 saturated heterocycles. The monoisotopic (exact) mass is 459 g/mol. The van der Waals surface area contributed by atoms with Gasteiger partial charge in [-0.25, -0.2) is 0 Å². The number of benzene rings is 2. The number of hydrogen-bond donors (Lipinski definition) is 1. The Morgan fingerprint density at radius 2 is 1.88 bits per heavy atom. The standard InChI is InChI=1S/C26H25N3O5/c1-16-6-4-5-7-19(16)13-29-18(3)25(17(2)28-29)27-26(30)23-11-9-21(34-23)14-31-20-8-10-22-24(12-20)33-15-32-22/h4-12H,13-15H2,1-3H3,(H,27,30). The molecule has 4 aromatic rings. The molecule has 2 aromatic carbocycles. The highest BCUT2D eigenvalue weighted by atomic mass is 16.7. The number of nitrogens with zero attached hydrogens (tertiary/aromatic N) is 2. The number of amides is 1. The number of furan rings is 1. The van der Waals surface area contributed by atoms with Gasteiger partial charge in [0.2, 0.25) is 6.79 Å². The third kappa shape index (κ3) is 4.34. The molecule has 0 atom stereocenters. The molecule has 1 aliphatic heterocycles. The van der Waals surface area contributed by atoms with E-state index in [1.54, 1.807) is 30.3 Å². The van der Waals surface area contributed by atoms with Gasteiger partial charge >= 0.3 is 0 Å². The highest BCUT2D eigenvalue weighted by molar-refractivity contribution is 6.02. The summed E-state index contributed by atoms with van der Waals surface area (Å²) in [5.74, 6) is 2.36. The number of aryl methyl sites for hydroxylation is 2. The first-order valence-corrected chi connectivity index (χ1v) is 11.0. The molecule has 8 nitrogen and oxygen atoms in total. The molecule has 0 aliphatic carbocycles. The highest BCUT2D eigenvalue weighted by Gasteiger charge is 2.19. The van der Waals surface area contributed by atoms with Crippen LogP contribution in [0, 0.1) is 20.8 Å². The van der Waals surface area contributed by atoms with Gasteiger partial charge in [-0.05, 0) is 56.2 Å². The number of carbonyl (C=O) groups excluding carboxylic acids is 1. The number of hydrogen-bond acceptors (Lipinski definition) is 6. The maximum absolute atomic E-state index is 12.8. The lowest BCUT2D eigenvalue weighted by Gasteiger charge is -2.08. The van der Waals surface area contributed by atoms with Crippen molar-refractivity contribution in [1.82, 2.24) is 9.78 Å². The van der Waals surface area contributed by atoms with Crippen LogP contribution >= 0.6 is 0 Å². The molecule has 0 bridgehead atoms. The first kappa shape index (κ1) is 21.6. The molecule has 1 aliphatic rings. The van der Waals surface area contributed by atoms with Gasteiger partial charge in [-0.15, -0.1) is 0 Å². The third-order valence-electron chi connectivity index (χ3n) is 5.81.